The Bertz CT molecular complexity index is 575. The monoisotopic (exact) mass is 256 g/mol. The molecule has 0 bridgehead atoms. The van der Waals surface area contributed by atoms with Crippen molar-refractivity contribution in [2.75, 3.05) is 0 Å². The average molecular weight is 256 g/mol. The van der Waals surface area contributed by atoms with E-state index < -0.39 is 6.10 Å². The number of hydrogen-bond donors (Lipinski definition) is 0. The number of ketones is 2. The third-order valence-electron chi connectivity index (χ3n) is 3.19. The smallest absolute Gasteiger partial charge is 0.235 e. The minimum Gasteiger partial charge on any atom is -0.426 e. The van der Waals surface area contributed by atoms with Crippen LogP contribution in [0, 0.1) is 12.0 Å². The first-order chi connectivity index (χ1) is 9.19. The minimum atomic E-state index is -1.08. The molecule has 0 heterocycles. The second kappa shape index (κ2) is 5.71. The fourth-order valence-electron chi connectivity index (χ4n) is 2.17. The van der Waals surface area contributed by atoms with Gasteiger partial charge in [-0.2, -0.15) is 0 Å². The Kier molecular flexibility index (Phi) is 4.01. The molecular formula is C16H16O3. The maximum absolute atomic E-state index is 12.1. The van der Waals surface area contributed by atoms with E-state index in [-0.39, 0.29) is 11.6 Å². The second-order valence-electron chi connectivity index (χ2n) is 4.56. The highest BCUT2D eigenvalue weighted by Gasteiger charge is 2.40. The predicted molar refractivity (Wildman–Crippen MR) is 72.0 cm³/mol. The number of carbonyl (C=O) groups excluding carboxylic acids is 2. The topological polar surface area (TPSA) is 43.4 Å². The number of Topliss-reactive ketones (excluding diaryl/α,β-unsaturated/α-hetero) is 2. The zero-order chi connectivity index (χ0) is 13.8. The summed E-state index contributed by atoms with van der Waals surface area (Å²) in [5, 5.41) is 0. The molecule has 0 aliphatic heterocycles. The van der Waals surface area contributed by atoms with Crippen LogP contribution in [0.1, 0.15) is 53.0 Å². The largest absolute Gasteiger partial charge is 0.426 e. The first kappa shape index (κ1) is 13.4. The summed E-state index contributed by atoms with van der Waals surface area (Å²) in [6, 6.07) is 5.45. The third-order valence-corrected chi connectivity index (χ3v) is 3.19. The van der Waals surface area contributed by atoms with Gasteiger partial charge in [-0.15, -0.1) is 0 Å². The van der Waals surface area contributed by atoms with Crippen molar-refractivity contribution in [2.24, 2.45) is 0 Å². The highest BCUT2D eigenvalue weighted by Crippen LogP contribution is 2.26. The van der Waals surface area contributed by atoms with Crippen LogP contribution < -0.4 is 0 Å². The van der Waals surface area contributed by atoms with Crippen LogP contribution in [0.15, 0.2) is 18.2 Å². The van der Waals surface area contributed by atoms with Gasteiger partial charge in [-0.1, -0.05) is 31.4 Å². The lowest BCUT2D eigenvalue weighted by Gasteiger charge is -2.02. The zero-order valence-electron chi connectivity index (χ0n) is 11.2. The second-order valence-corrected chi connectivity index (χ2v) is 4.56. The quantitative estimate of drug-likeness (QED) is 0.614. The Morgan fingerprint density at radius 3 is 2.63 bits per heavy atom. The molecule has 2 rings (SSSR count). The average Bonchev–Trinajstić information content (AvgIpc) is 2.66. The van der Waals surface area contributed by atoms with Crippen molar-refractivity contribution >= 4 is 11.6 Å². The molecule has 1 aromatic carbocycles. The van der Waals surface area contributed by atoms with Crippen LogP contribution >= 0.6 is 0 Å². The molecule has 0 saturated carbocycles. The van der Waals surface area contributed by atoms with E-state index in [2.05, 4.69) is 19.0 Å². The Balaban J connectivity index is 2.28. The van der Waals surface area contributed by atoms with Crippen LogP contribution in [0.2, 0.25) is 0 Å². The first-order valence-corrected chi connectivity index (χ1v) is 6.47. The van der Waals surface area contributed by atoms with Gasteiger partial charge in [0.15, 0.2) is 0 Å². The summed E-state index contributed by atoms with van der Waals surface area (Å²) in [5.74, 6) is 1.96. The molecule has 3 heteroatoms. The number of hydrogen-bond acceptors (Lipinski definition) is 3. The van der Waals surface area contributed by atoms with E-state index in [0.717, 1.165) is 24.8 Å². The molecule has 1 aliphatic rings. The maximum atomic E-state index is 12.1. The number of fused-ring (bicyclic) bond motifs is 1. The van der Waals surface area contributed by atoms with E-state index in [0.29, 0.717) is 11.1 Å². The van der Waals surface area contributed by atoms with Crippen molar-refractivity contribution in [3.63, 3.8) is 0 Å². The van der Waals surface area contributed by atoms with Crippen molar-refractivity contribution < 1.29 is 14.3 Å². The number of carbonyl (C=O) groups is 2. The predicted octanol–water partition coefficient (Wildman–Crippen LogP) is 2.77. The molecule has 1 aromatic rings. The zero-order valence-corrected chi connectivity index (χ0v) is 11.2. The summed E-state index contributed by atoms with van der Waals surface area (Å²) >= 11 is 0. The van der Waals surface area contributed by atoms with Crippen molar-refractivity contribution in [1.29, 1.82) is 0 Å². The highest BCUT2D eigenvalue weighted by atomic mass is 16.5. The van der Waals surface area contributed by atoms with Gasteiger partial charge in [-0.05, 0) is 24.5 Å². The molecule has 0 saturated heterocycles. The summed E-state index contributed by atoms with van der Waals surface area (Å²) in [4.78, 5) is 24.2. The Hall–Kier alpha value is -2.08. The maximum Gasteiger partial charge on any atom is 0.235 e. The van der Waals surface area contributed by atoms with Gasteiger partial charge in [0.25, 0.3) is 0 Å². The van der Waals surface area contributed by atoms with E-state index in [1.54, 1.807) is 13.0 Å². The molecule has 0 spiro atoms. The minimum absolute atomic E-state index is 0.277. The van der Waals surface area contributed by atoms with Gasteiger partial charge in [0.2, 0.25) is 17.7 Å². The van der Waals surface area contributed by atoms with E-state index in [1.165, 1.54) is 0 Å². The molecule has 19 heavy (non-hydrogen) atoms. The molecule has 0 N–H and O–H groups in total. The Morgan fingerprint density at radius 2 is 1.95 bits per heavy atom. The summed E-state index contributed by atoms with van der Waals surface area (Å²) in [5.41, 5.74) is 2.01. The van der Waals surface area contributed by atoms with Gasteiger partial charge in [0, 0.05) is 18.1 Å². The van der Waals surface area contributed by atoms with Crippen molar-refractivity contribution in [3.05, 3.63) is 34.9 Å². The van der Waals surface area contributed by atoms with E-state index in [1.807, 2.05) is 12.1 Å². The Labute approximate surface area is 113 Å². The van der Waals surface area contributed by atoms with E-state index in [4.69, 9.17) is 4.74 Å². The molecule has 1 unspecified atom stereocenters. The van der Waals surface area contributed by atoms with Gasteiger partial charge in [-0.3, -0.25) is 9.59 Å². The van der Waals surface area contributed by atoms with Gasteiger partial charge in [-0.25, -0.2) is 0 Å². The molecule has 0 aromatic heterocycles. The molecule has 3 nitrogen and oxygen atoms in total. The van der Waals surface area contributed by atoms with Crippen LogP contribution in [0.4, 0.5) is 0 Å². The first-order valence-electron chi connectivity index (χ1n) is 6.47. The normalized spacial score (nSPS) is 16.8. The van der Waals surface area contributed by atoms with Crippen molar-refractivity contribution in [3.8, 4) is 12.0 Å². The standard InChI is InChI=1S/C16H16O3/c1-3-5-6-11-7-8-12-13(10-11)15(18)16(14(12)17)19-9-4-2/h7-8,10,16H,3,5-6H2,1-2H3. The summed E-state index contributed by atoms with van der Waals surface area (Å²) in [6.07, 6.45) is 4.36. The number of ether oxygens (including phenoxy) is 1. The van der Waals surface area contributed by atoms with Crippen LogP contribution in [0.25, 0.3) is 0 Å². The highest BCUT2D eigenvalue weighted by molar-refractivity contribution is 6.28. The molecule has 1 aliphatic carbocycles. The lowest BCUT2D eigenvalue weighted by Crippen LogP contribution is -2.23. The Morgan fingerprint density at radius 1 is 1.21 bits per heavy atom. The SMILES string of the molecule is CC#COC1C(=O)c2ccc(CCCC)cc2C1=O. The fraction of sp³-hybridized carbons (Fsp3) is 0.375. The van der Waals surface area contributed by atoms with Crippen LogP contribution in [-0.4, -0.2) is 17.7 Å². The summed E-state index contributed by atoms with van der Waals surface area (Å²) < 4.78 is 5.02. The summed E-state index contributed by atoms with van der Waals surface area (Å²) in [6.45, 7) is 3.72. The van der Waals surface area contributed by atoms with Gasteiger partial charge < -0.3 is 4.74 Å². The van der Waals surface area contributed by atoms with Gasteiger partial charge in [0.1, 0.15) is 6.11 Å². The van der Waals surface area contributed by atoms with Crippen molar-refractivity contribution in [2.45, 2.75) is 39.2 Å². The number of benzene rings is 1. The molecule has 0 fully saturated rings. The number of aryl methyl sites for hydroxylation is 1. The summed E-state index contributed by atoms with van der Waals surface area (Å²) in [7, 11) is 0. The molecule has 0 radical (unpaired) electrons. The van der Waals surface area contributed by atoms with Gasteiger partial charge in [0.05, 0.1) is 0 Å². The lowest BCUT2D eigenvalue weighted by atomic mass is 10.0. The molecule has 98 valence electrons. The van der Waals surface area contributed by atoms with Crippen molar-refractivity contribution in [1.82, 2.24) is 0 Å². The third kappa shape index (κ3) is 2.53. The molecular weight excluding hydrogens is 240 g/mol. The number of rotatable bonds is 4. The van der Waals surface area contributed by atoms with Crippen LogP contribution in [0.5, 0.6) is 0 Å². The number of unbranched alkanes of at least 4 members (excludes halogenated alkanes) is 1. The molecule has 0 amide bonds. The molecule has 1 atom stereocenters. The van der Waals surface area contributed by atoms with Crippen LogP contribution in [0.3, 0.4) is 0 Å². The van der Waals surface area contributed by atoms with Gasteiger partial charge >= 0.3 is 0 Å². The van der Waals surface area contributed by atoms with Crippen LogP contribution in [-0.2, 0) is 11.2 Å². The van der Waals surface area contributed by atoms with E-state index in [9.17, 15) is 9.59 Å². The lowest BCUT2D eigenvalue weighted by molar-refractivity contribution is 0.0659. The fourth-order valence-corrected chi connectivity index (χ4v) is 2.17. The van der Waals surface area contributed by atoms with E-state index >= 15 is 0 Å².